The van der Waals surface area contributed by atoms with E-state index >= 15 is 0 Å². The molecule has 1 aliphatic carbocycles. The van der Waals surface area contributed by atoms with Gasteiger partial charge in [-0.1, -0.05) is 0 Å². The number of halogens is 2. The third-order valence-electron chi connectivity index (χ3n) is 4.11. The Hall–Kier alpha value is -2.70. The van der Waals surface area contributed by atoms with Gasteiger partial charge in [-0.05, 0) is 43.9 Å². The fourth-order valence-electron chi connectivity index (χ4n) is 2.81. The van der Waals surface area contributed by atoms with Crippen molar-refractivity contribution in [1.82, 2.24) is 4.98 Å². The first-order valence-electron chi connectivity index (χ1n) is 8.03. The fourth-order valence-corrected chi connectivity index (χ4v) is 2.81. The van der Waals surface area contributed by atoms with Gasteiger partial charge < -0.3 is 14.8 Å². The van der Waals surface area contributed by atoms with Crippen molar-refractivity contribution in [3.05, 3.63) is 47.8 Å². The van der Waals surface area contributed by atoms with Crippen LogP contribution in [0.4, 0.5) is 14.5 Å². The summed E-state index contributed by atoms with van der Waals surface area (Å²) < 4.78 is 38.5. The number of anilines is 1. The van der Waals surface area contributed by atoms with Crippen LogP contribution in [0.2, 0.25) is 0 Å². The van der Waals surface area contributed by atoms with Gasteiger partial charge in [-0.2, -0.15) is 0 Å². The molecule has 1 aromatic carbocycles. The van der Waals surface area contributed by atoms with E-state index in [4.69, 9.17) is 9.47 Å². The second kappa shape index (κ2) is 7.46. The summed E-state index contributed by atoms with van der Waals surface area (Å²) in [5.41, 5.74) is -0.321. The second-order valence-corrected chi connectivity index (χ2v) is 5.82. The number of carbonyl (C=O) groups is 1. The number of carbonyl (C=O) groups excluding carboxylic acids is 1. The van der Waals surface area contributed by atoms with E-state index < -0.39 is 23.2 Å². The SMILES string of the molecule is COc1ccc(C(=O)Nc2c(F)cncc2F)cc1OC1CCCC1. The van der Waals surface area contributed by atoms with Crippen LogP contribution in [0.5, 0.6) is 11.5 Å². The highest BCUT2D eigenvalue weighted by molar-refractivity contribution is 6.04. The predicted octanol–water partition coefficient (Wildman–Crippen LogP) is 3.94. The summed E-state index contributed by atoms with van der Waals surface area (Å²) in [5.74, 6) is -1.58. The van der Waals surface area contributed by atoms with E-state index in [2.05, 4.69) is 10.3 Å². The van der Waals surface area contributed by atoms with Crippen molar-refractivity contribution < 1.29 is 23.0 Å². The number of methoxy groups -OCH3 is 1. The molecule has 1 aliphatic rings. The average Bonchev–Trinajstić information content (AvgIpc) is 3.11. The van der Waals surface area contributed by atoms with Gasteiger partial charge in [0.15, 0.2) is 23.1 Å². The quantitative estimate of drug-likeness (QED) is 0.889. The van der Waals surface area contributed by atoms with Gasteiger partial charge in [0.25, 0.3) is 5.91 Å². The predicted molar refractivity (Wildman–Crippen MR) is 88.0 cm³/mol. The van der Waals surface area contributed by atoms with Gasteiger partial charge >= 0.3 is 0 Å². The van der Waals surface area contributed by atoms with Crippen molar-refractivity contribution in [2.24, 2.45) is 0 Å². The zero-order valence-corrected chi connectivity index (χ0v) is 13.7. The first-order chi connectivity index (χ1) is 12.1. The molecular formula is C18H18F2N2O3. The molecule has 2 aromatic rings. The van der Waals surface area contributed by atoms with Crippen molar-refractivity contribution >= 4 is 11.6 Å². The maximum atomic E-state index is 13.6. The van der Waals surface area contributed by atoms with Crippen molar-refractivity contribution in [2.75, 3.05) is 12.4 Å². The molecule has 1 amide bonds. The highest BCUT2D eigenvalue weighted by atomic mass is 19.1. The largest absolute Gasteiger partial charge is 0.493 e. The monoisotopic (exact) mass is 348 g/mol. The van der Waals surface area contributed by atoms with Crippen molar-refractivity contribution in [2.45, 2.75) is 31.8 Å². The van der Waals surface area contributed by atoms with Crippen LogP contribution in [0.25, 0.3) is 0 Å². The molecule has 0 aliphatic heterocycles. The Morgan fingerprint density at radius 1 is 1.16 bits per heavy atom. The molecule has 0 saturated heterocycles. The summed E-state index contributed by atoms with van der Waals surface area (Å²) in [6.07, 6.45) is 5.87. The van der Waals surface area contributed by atoms with Crippen LogP contribution in [0.3, 0.4) is 0 Å². The summed E-state index contributed by atoms with van der Waals surface area (Å²) in [4.78, 5) is 15.7. The first kappa shape index (κ1) is 17.1. The molecule has 0 unspecified atom stereocenters. The highest BCUT2D eigenvalue weighted by Crippen LogP contribution is 2.32. The molecule has 0 spiro atoms. The molecule has 1 aromatic heterocycles. The van der Waals surface area contributed by atoms with Gasteiger partial charge in [0.2, 0.25) is 0 Å². The topological polar surface area (TPSA) is 60.5 Å². The third kappa shape index (κ3) is 3.87. The number of hydrogen-bond donors (Lipinski definition) is 1. The Labute approximate surface area is 144 Å². The van der Waals surface area contributed by atoms with E-state index in [0.29, 0.717) is 11.5 Å². The van der Waals surface area contributed by atoms with E-state index in [1.54, 1.807) is 6.07 Å². The Morgan fingerprint density at radius 3 is 2.48 bits per heavy atom. The Bertz CT molecular complexity index is 757. The van der Waals surface area contributed by atoms with Crippen LogP contribution in [0, 0.1) is 11.6 Å². The smallest absolute Gasteiger partial charge is 0.255 e. The van der Waals surface area contributed by atoms with E-state index in [0.717, 1.165) is 38.1 Å². The molecule has 132 valence electrons. The van der Waals surface area contributed by atoms with Crippen molar-refractivity contribution in [1.29, 1.82) is 0 Å². The van der Waals surface area contributed by atoms with Gasteiger partial charge in [-0.15, -0.1) is 0 Å². The van der Waals surface area contributed by atoms with Gasteiger partial charge in [-0.25, -0.2) is 8.78 Å². The van der Waals surface area contributed by atoms with Gasteiger partial charge in [0.05, 0.1) is 25.6 Å². The number of rotatable bonds is 5. The molecule has 1 N–H and O–H groups in total. The lowest BCUT2D eigenvalue weighted by atomic mass is 10.1. The summed E-state index contributed by atoms with van der Waals surface area (Å²) in [6, 6.07) is 4.62. The molecule has 0 bridgehead atoms. The van der Waals surface area contributed by atoms with Crippen LogP contribution in [0.15, 0.2) is 30.6 Å². The minimum absolute atomic E-state index is 0.0855. The summed E-state index contributed by atoms with van der Waals surface area (Å²) in [6.45, 7) is 0. The number of ether oxygens (including phenoxy) is 2. The fraction of sp³-hybridized carbons (Fsp3) is 0.333. The van der Waals surface area contributed by atoms with Crippen LogP contribution >= 0.6 is 0 Å². The highest BCUT2D eigenvalue weighted by Gasteiger charge is 2.20. The van der Waals surface area contributed by atoms with Crippen molar-refractivity contribution in [3.8, 4) is 11.5 Å². The van der Waals surface area contributed by atoms with E-state index in [9.17, 15) is 13.6 Å². The number of aromatic nitrogens is 1. The van der Waals surface area contributed by atoms with Crippen LogP contribution in [0.1, 0.15) is 36.0 Å². The van der Waals surface area contributed by atoms with Crippen LogP contribution in [-0.4, -0.2) is 24.1 Å². The average molecular weight is 348 g/mol. The molecule has 0 atom stereocenters. The minimum Gasteiger partial charge on any atom is -0.493 e. The number of nitrogens with one attached hydrogen (secondary N) is 1. The standard InChI is InChI=1S/C18H18F2N2O3/c1-24-15-7-6-11(8-16(15)25-12-4-2-3-5-12)18(23)22-17-13(19)9-21-10-14(17)20/h6-10,12H,2-5H2,1H3,(H,21,22,23). The molecule has 1 saturated carbocycles. The normalized spacial score (nSPS) is 14.4. The molecule has 3 rings (SSSR count). The zero-order valence-electron chi connectivity index (χ0n) is 13.7. The molecule has 1 heterocycles. The van der Waals surface area contributed by atoms with E-state index in [1.807, 2.05) is 0 Å². The zero-order chi connectivity index (χ0) is 17.8. The number of benzene rings is 1. The lowest BCUT2D eigenvalue weighted by Gasteiger charge is -2.17. The summed E-state index contributed by atoms with van der Waals surface area (Å²) >= 11 is 0. The Balaban J connectivity index is 1.82. The first-order valence-corrected chi connectivity index (χ1v) is 8.03. The Kier molecular flexibility index (Phi) is 5.11. The van der Waals surface area contributed by atoms with E-state index in [-0.39, 0.29) is 11.7 Å². The second-order valence-electron chi connectivity index (χ2n) is 5.82. The van der Waals surface area contributed by atoms with E-state index in [1.165, 1.54) is 19.2 Å². The number of pyridine rings is 1. The number of amides is 1. The number of nitrogens with zero attached hydrogens (tertiary/aromatic N) is 1. The molecular weight excluding hydrogens is 330 g/mol. The number of hydrogen-bond acceptors (Lipinski definition) is 4. The molecule has 7 heteroatoms. The van der Waals surface area contributed by atoms with Crippen molar-refractivity contribution in [3.63, 3.8) is 0 Å². The minimum atomic E-state index is -0.940. The third-order valence-corrected chi connectivity index (χ3v) is 4.11. The lowest BCUT2D eigenvalue weighted by Crippen LogP contribution is -2.16. The van der Waals surface area contributed by atoms with Gasteiger partial charge in [0, 0.05) is 5.56 Å². The van der Waals surface area contributed by atoms with Crippen LogP contribution < -0.4 is 14.8 Å². The summed E-state index contributed by atoms with van der Waals surface area (Å²) in [5, 5.41) is 2.23. The van der Waals surface area contributed by atoms with Crippen LogP contribution in [-0.2, 0) is 0 Å². The maximum Gasteiger partial charge on any atom is 0.255 e. The van der Waals surface area contributed by atoms with Gasteiger partial charge in [0.1, 0.15) is 5.69 Å². The summed E-state index contributed by atoms with van der Waals surface area (Å²) in [7, 11) is 1.51. The maximum absolute atomic E-state index is 13.6. The van der Waals surface area contributed by atoms with Gasteiger partial charge in [-0.3, -0.25) is 9.78 Å². The molecule has 1 fully saturated rings. The lowest BCUT2D eigenvalue weighted by molar-refractivity contribution is 0.102. The molecule has 25 heavy (non-hydrogen) atoms. The Morgan fingerprint density at radius 2 is 1.84 bits per heavy atom. The molecule has 0 radical (unpaired) electrons. The molecule has 5 nitrogen and oxygen atoms in total.